The summed E-state index contributed by atoms with van der Waals surface area (Å²) in [4.78, 5) is 38.2. The number of thiophene rings is 1. The van der Waals surface area contributed by atoms with Crippen LogP contribution in [0.15, 0.2) is 53.5 Å². The minimum absolute atomic E-state index is 0.120. The van der Waals surface area contributed by atoms with Crippen molar-refractivity contribution in [1.29, 1.82) is 0 Å². The van der Waals surface area contributed by atoms with E-state index in [0.717, 1.165) is 27.6 Å². The molecule has 1 N–H and O–H groups in total. The molecule has 2 aromatic carbocycles. The summed E-state index contributed by atoms with van der Waals surface area (Å²) < 4.78 is 7.70. The molecule has 0 unspecified atom stereocenters. The highest BCUT2D eigenvalue weighted by atomic mass is 32.1. The Morgan fingerprint density at radius 1 is 1.20 bits per heavy atom. The van der Waals surface area contributed by atoms with Crippen LogP contribution in [0.3, 0.4) is 0 Å². The number of para-hydroxylation sites is 1. The van der Waals surface area contributed by atoms with E-state index in [-0.39, 0.29) is 17.0 Å². The van der Waals surface area contributed by atoms with Gasteiger partial charge in [0.25, 0.3) is 5.91 Å². The number of amides is 1. The molecule has 6 nitrogen and oxygen atoms in total. The predicted molar refractivity (Wildman–Crippen MR) is 118 cm³/mol. The van der Waals surface area contributed by atoms with E-state index in [2.05, 4.69) is 12.2 Å². The molecule has 2 aromatic heterocycles. The van der Waals surface area contributed by atoms with Crippen molar-refractivity contribution in [2.45, 2.75) is 19.4 Å². The van der Waals surface area contributed by atoms with Crippen molar-refractivity contribution in [3.63, 3.8) is 0 Å². The van der Waals surface area contributed by atoms with Crippen molar-refractivity contribution in [2.75, 3.05) is 12.4 Å². The van der Waals surface area contributed by atoms with Crippen LogP contribution < -0.4 is 10.7 Å². The fraction of sp³-hybridized carbons (Fsp3) is 0.174. The van der Waals surface area contributed by atoms with Gasteiger partial charge in [-0.15, -0.1) is 11.3 Å². The largest absolute Gasteiger partial charge is 0.465 e. The van der Waals surface area contributed by atoms with Crippen LogP contribution in [0.5, 0.6) is 0 Å². The Bertz CT molecular complexity index is 1420. The highest BCUT2D eigenvalue weighted by molar-refractivity contribution is 7.20. The Hall–Kier alpha value is -3.45. The van der Waals surface area contributed by atoms with Gasteiger partial charge in [-0.2, -0.15) is 0 Å². The second-order valence-electron chi connectivity index (χ2n) is 7.45. The molecular formula is C23H18N2O4S. The number of rotatable bonds is 3. The molecule has 1 aliphatic rings. The number of carbonyl (C=O) groups excluding carboxylic acids is 2. The molecule has 1 amide bonds. The van der Waals surface area contributed by atoms with Gasteiger partial charge in [-0.25, -0.2) is 4.79 Å². The first-order valence-electron chi connectivity index (χ1n) is 9.56. The first-order valence-corrected chi connectivity index (χ1v) is 10.4. The molecule has 4 aromatic rings. The van der Waals surface area contributed by atoms with Crippen molar-refractivity contribution in [2.24, 2.45) is 0 Å². The average Bonchev–Trinajstić information content (AvgIpc) is 3.30. The molecule has 30 heavy (non-hydrogen) atoms. The van der Waals surface area contributed by atoms with E-state index in [1.165, 1.54) is 18.4 Å². The van der Waals surface area contributed by atoms with Crippen molar-refractivity contribution in [1.82, 2.24) is 4.57 Å². The van der Waals surface area contributed by atoms with Gasteiger partial charge in [0.1, 0.15) is 10.4 Å². The molecule has 0 saturated carbocycles. The summed E-state index contributed by atoms with van der Waals surface area (Å²) >= 11 is 1.33. The number of benzene rings is 2. The number of carbonyl (C=O) groups is 2. The third-order valence-electron chi connectivity index (χ3n) is 5.53. The van der Waals surface area contributed by atoms with E-state index in [1.807, 2.05) is 22.8 Å². The molecule has 0 aliphatic carbocycles. The lowest BCUT2D eigenvalue weighted by atomic mass is 10.1. The van der Waals surface area contributed by atoms with Crippen molar-refractivity contribution in [3.8, 4) is 0 Å². The van der Waals surface area contributed by atoms with Gasteiger partial charge in [-0.05, 0) is 54.6 Å². The lowest BCUT2D eigenvalue weighted by Gasteiger charge is -2.12. The zero-order valence-electron chi connectivity index (χ0n) is 16.4. The van der Waals surface area contributed by atoms with Gasteiger partial charge in [0.05, 0.1) is 12.6 Å². The summed E-state index contributed by atoms with van der Waals surface area (Å²) in [6.45, 7) is 2.08. The number of hydrogen-bond donors (Lipinski definition) is 1. The molecule has 1 aliphatic heterocycles. The lowest BCUT2D eigenvalue weighted by Crippen LogP contribution is -2.23. The van der Waals surface area contributed by atoms with Crippen molar-refractivity contribution >= 4 is 49.9 Å². The number of nitrogens with zero attached hydrogens (tertiary/aromatic N) is 1. The van der Waals surface area contributed by atoms with Crippen LogP contribution in [-0.4, -0.2) is 23.6 Å². The first kappa shape index (κ1) is 18.6. The van der Waals surface area contributed by atoms with E-state index in [0.29, 0.717) is 16.0 Å². The molecule has 5 rings (SSSR count). The minimum Gasteiger partial charge on any atom is -0.465 e. The molecule has 7 heteroatoms. The van der Waals surface area contributed by atoms with Crippen LogP contribution in [0.1, 0.15) is 38.6 Å². The normalized spacial score (nSPS) is 14.9. The van der Waals surface area contributed by atoms with Crippen molar-refractivity contribution in [3.05, 3.63) is 74.9 Å². The smallest absolute Gasteiger partial charge is 0.348 e. The zero-order chi connectivity index (χ0) is 21.0. The van der Waals surface area contributed by atoms with Gasteiger partial charge in [0, 0.05) is 28.0 Å². The van der Waals surface area contributed by atoms with Gasteiger partial charge in [0.2, 0.25) is 5.43 Å². The Balaban J connectivity index is 1.52. The molecular weight excluding hydrogens is 400 g/mol. The molecule has 0 bridgehead atoms. The maximum absolute atomic E-state index is 13.0. The Morgan fingerprint density at radius 2 is 2.03 bits per heavy atom. The minimum atomic E-state index is -0.446. The maximum Gasteiger partial charge on any atom is 0.348 e. The number of aromatic nitrogens is 1. The van der Waals surface area contributed by atoms with Crippen LogP contribution >= 0.6 is 11.3 Å². The van der Waals surface area contributed by atoms with E-state index < -0.39 is 11.9 Å². The Kier molecular flexibility index (Phi) is 4.22. The summed E-state index contributed by atoms with van der Waals surface area (Å²) in [6.07, 6.45) is 2.51. The van der Waals surface area contributed by atoms with E-state index in [9.17, 15) is 14.4 Å². The fourth-order valence-electron chi connectivity index (χ4n) is 4.10. The molecule has 3 heterocycles. The number of anilines is 1. The Morgan fingerprint density at radius 3 is 2.83 bits per heavy atom. The van der Waals surface area contributed by atoms with Crippen LogP contribution in [0.4, 0.5) is 5.69 Å². The predicted octanol–water partition coefficient (Wildman–Crippen LogP) is 4.37. The fourth-order valence-corrected chi connectivity index (χ4v) is 5.06. The quantitative estimate of drug-likeness (QED) is 0.501. The third kappa shape index (κ3) is 2.81. The summed E-state index contributed by atoms with van der Waals surface area (Å²) in [5, 5.41) is 4.22. The van der Waals surface area contributed by atoms with E-state index in [1.54, 1.807) is 30.5 Å². The summed E-state index contributed by atoms with van der Waals surface area (Å²) in [5.74, 6) is -0.838. The number of pyridine rings is 1. The monoisotopic (exact) mass is 418 g/mol. The van der Waals surface area contributed by atoms with Gasteiger partial charge < -0.3 is 14.6 Å². The van der Waals surface area contributed by atoms with Crippen LogP contribution in [0.2, 0.25) is 0 Å². The van der Waals surface area contributed by atoms with E-state index in [4.69, 9.17) is 4.74 Å². The van der Waals surface area contributed by atoms with E-state index >= 15 is 0 Å². The molecule has 150 valence electrons. The van der Waals surface area contributed by atoms with Crippen LogP contribution in [0, 0.1) is 0 Å². The Labute approximate surface area is 175 Å². The SMILES string of the molecule is COC(=O)c1cc2cc(NC(=O)c3cn4c5c(cccc5c3=O)C[C@@H]4C)ccc2s1. The van der Waals surface area contributed by atoms with Crippen molar-refractivity contribution < 1.29 is 14.3 Å². The average molecular weight is 418 g/mol. The standard InChI is InChI=1S/C23H18N2O4S/c1-12-8-13-4-3-5-16-20(13)25(12)11-17(21(16)26)22(27)24-15-6-7-18-14(9-15)10-19(30-18)23(28)29-2/h3-7,9-12H,8H2,1-2H3,(H,24,27)/t12-/m0/s1. The molecule has 1 atom stereocenters. The van der Waals surface area contributed by atoms with Gasteiger partial charge in [-0.1, -0.05) is 12.1 Å². The first-order chi connectivity index (χ1) is 14.5. The second kappa shape index (κ2) is 6.81. The number of methoxy groups -OCH3 is 1. The van der Waals surface area contributed by atoms with Crippen LogP contribution in [-0.2, 0) is 11.2 Å². The maximum atomic E-state index is 13.0. The molecule has 0 spiro atoms. The van der Waals surface area contributed by atoms with Gasteiger partial charge in [0.15, 0.2) is 0 Å². The number of ether oxygens (including phenoxy) is 1. The van der Waals surface area contributed by atoms with Crippen LogP contribution in [0.25, 0.3) is 21.0 Å². The molecule has 0 saturated heterocycles. The third-order valence-corrected chi connectivity index (χ3v) is 6.63. The highest BCUT2D eigenvalue weighted by Crippen LogP contribution is 2.31. The van der Waals surface area contributed by atoms with Gasteiger partial charge in [-0.3, -0.25) is 9.59 Å². The second-order valence-corrected chi connectivity index (χ2v) is 8.54. The number of fused-ring (bicyclic) bond motifs is 1. The highest BCUT2D eigenvalue weighted by Gasteiger charge is 2.24. The lowest BCUT2D eigenvalue weighted by molar-refractivity contribution is 0.0606. The summed E-state index contributed by atoms with van der Waals surface area (Å²) in [5.41, 5.74) is 2.47. The number of esters is 1. The zero-order valence-corrected chi connectivity index (χ0v) is 17.2. The summed E-state index contributed by atoms with van der Waals surface area (Å²) in [7, 11) is 1.34. The molecule has 0 radical (unpaired) electrons. The van der Waals surface area contributed by atoms with Gasteiger partial charge >= 0.3 is 5.97 Å². The summed E-state index contributed by atoms with van der Waals surface area (Å²) in [6, 6.07) is 13.0. The number of nitrogens with one attached hydrogen (secondary N) is 1. The topological polar surface area (TPSA) is 77.4 Å². The number of hydrogen-bond acceptors (Lipinski definition) is 5. The molecule has 0 fully saturated rings.